The highest BCUT2D eigenvalue weighted by Crippen LogP contribution is 2.27. The molecular formula is C22H26N4O3. The molecule has 152 valence electrons. The fourth-order valence-corrected chi connectivity index (χ4v) is 4.62. The lowest BCUT2D eigenvalue weighted by molar-refractivity contribution is -0.124. The second kappa shape index (κ2) is 7.63. The molecule has 0 radical (unpaired) electrons. The van der Waals surface area contributed by atoms with Crippen molar-refractivity contribution < 1.29 is 14.3 Å². The third kappa shape index (κ3) is 3.55. The molecule has 0 saturated carbocycles. The summed E-state index contributed by atoms with van der Waals surface area (Å²) in [6.07, 6.45) is 6.33. The minimum Gasteiger partial charge on any atom is -0.368 e. The van der Waals surface area contributed by atoms with Gasteiger partial charge in [0.15, 0.2) is 5.69 Å². The Hall–Kier alpha value is -2.67. The number of rotatable bonds is 3. The molecule has 7 heteroatoms. The van der Waals surface area contributed by atoms with Crippen molar-refractivity contribution in [2.24, 2.45) is 0 Å². The van der Waals surface area contributed by atoms with Gasteiger partial charge in [0.25, 0.3) is 11.8 Å². The number of carbonyl (C=O) groups is 2. The van der Waals surface area contributed by atoms with Gasteiger partial charge in [-0.2, -0.15) is 5.10 Å². The van der Waals surface area contributed by atoms with Gasteiger partial charge in [0.2, 0.25) is 0 Å². The van der Waals surface area contributed by atoms with Crippen LogP contribution in [0.5, 0.6) is 0 Å². The van der Waals surface area contributed by atoms with Crippen molar-refractivity contribution in [3.05, 3.63) is 46.3 Å². The van der Waals surface area contributed by atoms with Crippen LogP contribution in [0.4, 0.5) is 5.69 Å². The molecule has 3 heterocycles. The van der Waals surface area contributed by atoms with Crippen LogP contribution in [0.2, 0.25) is 0 Å². The summed E-state index contributed by atoms with van der Waals surface area (Å²) in [7, 11) is 0. The third-order valence-corrected chi connectivity index (χ3v) is 6.25. The number of benzene rings is 1. The summed E-state index contributed by atoms with van der Waals surface area (Å²) in [4.78, 5) is 27.3. The molecule has 7 nitrogen and oxygen atoms in total. The normalized spacial score (nSPS) is 20.8. The summed E-state index contributed by atoms with van der Waals surface area (Å²) >= 11 is 0. The molecule has 1 aromatic heterocycles. The molecular weight excluding hydrogens is 368 g/mol. The molecule has 0 spiro atoms. The predicted molar refractivity (Wildman–Crippen MR) is 108 cm³/mol. The van der Waals surface area contributed by atoms with Crippen LogP contribution >= 0.6 is 0 Å². The van der Waals surface area contributed by atoms with Crippen LogP contribution in [-0.4, -0.2) is 46.2 Å². The lowest BCUT2D eigenvalue weighted by Gasteiger charge is -2.29. The van der Waals surface area contributed by atoms with Crippen molar-refractivity contribution in [1.82, 2.24) is 15.1 Å². The van der Waals surface area contributed by atoms with Crippen LogP contribution in [-0.2, 0) is 35.3 Å². The number of nitrogens with zero attached hydrogens (tertiary/aromatic N) is 2. The average Bonchev–Trinajstić information content (AvgIpc) is 3.43. The fourth-order valence-electron chi connectivity index (χ4n) is 4.62. The van der Waals surface area contributed by atoms with Gasteiger partial charge in [-0.15, -0.1) is 0 Å². The van der Waals surface area contributed by atoms with E-state index < -0.39 is 0 Å². The first-order chi connectivity index (χ1) is 14.2. The minimum atomic E-state index is -0.352. The zero-order chi connectivity index (χ0) is 19.8. The van der Waals surface area contributed by atoms with Gasteiger partial charge in [0.05, 0.1) is 0 Å². The van der Waals surface area contributed by atoms with E-state index in [0.29, 0.717) is 25.4 Å². The maximum atomic E-state index is 13.1. The Morgan fingerprint density at radius 3 is 2.90 bits per heavy atom. The summed E-state index contributed by atoms with van der Waals surface area (Å²) in [5, 5.41) is 10.4. The second-order valence-corrected chi connectivity index (χ2v) is 8.19. The van der Waals surface area contributed by atoms with Crippen LogP contribution < -0.4 is 5.32 Å². The van der Waals surface area contributed by atoms with Crippen LogP contribution in [0.1, 0.15) is 58.6 Å². The van der Waals surface area contributed by atoms with E-state index in [1.807, 2.05) is 17.0 Å². The molecule has 29 heavy (non-hydrogen) atoms. The van der Waals surface area contributed by atoms with E-state index in [1.165, 1.54) is 5.56 Å². The Labute approximate surface area is 169 Å². The van der Waals surface area contributed by atoms with Crippen molar-refractivity contribution in [2.45, 2.75) is 57.6 Å². The number of aromatic amines is 1. The number of fused-ring (bicyclic) bond motifs is 2. The van der Waals surface area contributed by atoms with E-state index >= 15 is 0 Å². The summed E-state index contributed by atoms with van der Waals surface area (Å²) in [5.74, 6) is -0.0850. The molecule has 2 N–H and O–H groups in total. The smallest absolute Gasteiger partial charge is 0.274 e. The number of amides is 2. The highest BCUT2D eigenvalue weighted by Gasteiger charge is 2.28. The van der Waals surface area contributed by atoms with Gasteiger partial charge in [0.1, 0.15) is 6.10 Å². The Balaban J connectivity index is 1.31. The van der Waals surface area contributed by atoms with Crippen LogP contribution in [0.15, 0.2) is 18.2 Å². The van der Waals surface area contributed by atoms with Gasteiger partial charge in [0, 0.05) is 36.6 Å². The van der Waals surface area contributed by atoms with Gasteiger partial charge in [-0.3, -0.25) is 14.7 Å². The second-order valence-electron chi connectivity index (χ2n) is 8.19. The quantitative estimate of drug-likeness (QED) is 0.838. The predicted octanol–water partition coefficient (Wildman–Crippen LogP) is 2.60. The molecule has 2 aromatic rings. The number of aromatic nitrogens is 2. The highest BCUT2D eigenvalue weighted by atomic mass is 16.5. The molecule has 2 amide bonds. The molecule has 0 unspecified atom stereocenters. The van der Waals surface area contributed by atoms with Gasteiger partial charge < -0.3 is 15.0 Å². The fraction of sp³-hybridized carbons (Fsp3) is 0.500. The molecule has 1 aromatic carbocycles. The van der Waals surface area contributed by atoms with E-state index in [0.717, 1.165) is 67.5 Å². The Morgan fingerprint density at radius 1 is 1.14 bits per heavy atom. The van der Waals surface area contributed by atoms with E-state index in [9.17, 15) is 9.59 Å². The van der Waals surface area contributed by atoms with Crippen LogP contribution in [0.25, 0.3) is 0 Å². The summed E-state index contributed by atoms with van der Waals surface area (Å²) in [6, 6.07) is 5.98. The van der Waals surface area contributed by atoms with E-state index in [4.69, 9.17) is 4.74 Å². The average molecular weight is 394 g/mol. The maximum absolute atomic E-state index is 13.1. The highest BCUT2D eigenvalue weighted by molar-refractivity contribution is 5.95. The molecule has 1 aliphatic carbocycles. The summed E-state index contributed by atoms with van der Waals surface area (Å²) in [5.41, 5.74) is 5.88. The number of H-pyrrole nitrogens is 1. The van der Waals surface area contributed by atoms with E-state index in [2.05, 4.69) is 21.6 Å². The molecule has 1 saturated heterocycles. The monoisotopic (exact) mass is 394 g/mol. The standard InChI is InChI=1S/C22H26N4O3/c27-21(19-6-3-11-29-19)23-16-8-7-14-9-10-26(13-15(14)12-16)22(28)20-17-4-1-2-5-18(17)24-25-20/h7-8,12,19H,1-6,9-11,13H2,(H,23,27)(H,24,25)/t19-/m1/s1. The van der Waals surface area contributed by atoms with Crippen molar-refractivity contribution in [1.29, 1.82) is 0 Å². The van der Waals surface area contributed by atoms with Crippen LogP contribution in [0.3, 0.4) is 0 Å². The Morgan fingerprint density at radius 2 is 2.03 bits per heavy atom. The number of hydrogen-bond acceptors (Lipinski definition) is 4. The van der Waals surface area contributed by atoms with Gasteiger partial charge in [-0.1, -0.05) is 6.07 Å². The molecule has 3 aliphatic rings. The van der Waals surface area contributed by atoms with Crippen LogP contribution in [0, 0.1) is 0 Å². The number of aryl methyl sites for hydroxylation is 1. The molecule has 0 bridgehead atoms. The molecule has 1 atom stereocenters. The van der Waals surface area contributed by atoms with Crippen molar-refractivity contribution in [2.75, 3.05) is 18.5 Å². The zero-order valence-corrected chi connectivity index (χ0v) is 16.5. The third-order valence-electron chi connectivity index (χ3n) is 6.25. The van der Waals surface area contributed by atoms with Crippen molar-refractivity contribution >= 4 is 17.5 Å². The summed E-state index contributed by atoms with van der Waals surface area (Å²) < 4.78 is 5.46. The van der Waals surface area contributed by atoms with E-state index in [1.54, 1.807) is 0 Å². The number of nitrogens with one attached hydrogen (secondary N) is 2. The first kappa shape index (κ1) is 18.4. The van der Waals surface area contributed by atoms with Crippen molar-refractivity contribution in [3.63, 3.8) is 0 Å². The SMILES string of the molecule is O=C(Nc1ccc2c(c1)CN(C(=O)c1n[nH]c3c1CCCC3)CC2)[C@H]1CCCO1. The Bertz CT molecular complexity index is 946. The molecule has 5 rings (SSSR count). The number of carbonyl (C=O) groups excluding carboxylic acids is 2. The first-order valence-electron chi connectivity index (χ1n) is 10.6. The van der Waals surface area contributed by atoms with Crippen molar-refractivity contribution in [3.8, 4) is 0 Å². The minimum absolute atomic E-state index is 0.00356. The van der Waals surface area contributed by atoms with Gasteiger partial charge in [-0.25, -0.2) is 0 Å². The molecule has 1 fully saturated rings. The zero-order valence-electron chi connectivity index (χ0n) is 16.5. The number of hydrogen-bond donors (Lipinski definition) is 2. The number of anilines is 1. The number of ether oxygens (including phenoxy) is 1. The van der Waals surface area contributed by atoms with E-state index in [-0.39, 0.29) is 17.9 Å². The first-order valence-corrected chi connectivity index (χ1v) is 10.6. The maximum Gasteiger partial charge on any atom is 0.274 e. The Kier molecular flexibility index (Phi) is 4.83. The molecule has 2 aliphatic heterocycles. The summed E-state index contributed by atoms with van der Waals surface area (Å²) in [6.45, 7) is 1.88. The topological polar surface area (TPSA) is 87.3 Å². The van der Waals surface area contributed by atoms with Gasteiger partial charge >= 0.3 is 0 Å². The van der Waals surface area contributed by atoms with Gasteiger partial charge in [-0.05, 0) is 68.2 Å². The largest absolute Gasteiger partial charge is 0.368 e. The lowest BCUT2D eigenvalue weighted by Crippen LogP contribution is -2.36. The lowest BCUT2D eigenvalue weighted by atomic mass is 9.94.